The first-order chi connectivity index (χ1) is 16.9. The number of amides is 3. The van der Waals surface area contributed by atoms with Crippen LogP contribution in [0.15, 0.2) is 30.3 Å². The predicted octanol–water partition coefficient (Wildman–Crippen LogP) is 1.84. The summed E-state index contributed by atoms with van der Waals surface area (Å²) in [5.74, 6) is -2.33. The third-order valence-corrected chi connectivity index (χ3v) is 7.04. The monoisotopic (exact) mass is 500 g/mol. The Balaban J connectivity index is 1.84. The number of carboxylic acids is 1. The number of nitrogens with one attached hydrogen (secondary N) is 1. The van der Waals surface area contributed by atoms with Gasteiger partial charge in [0.2, 0.25) is 11.8 Å². The Kier molecular flexibility index (Phi) is 8.31. The third kappa shape index (κ3) is 5.99. The molecule has 0 bridgehead atoms. The summed E-state index contributed by atoms with van der Waals surface area (Å²) >= 11 is 0. The van der Waals surface area contributed by atoms with Gasteiger partial charge in [0.25, 0.3) is 0 Å². The molecule has 0 aromatic heterocycles. The fraction of sp³-hybridized carbons (Fsp3) is 0.630. The summed E-state index contributed by atoms with van der Waals surface area (Å²) in [4.78, 5) is 54.7. The van der Waals surface area contributed by atoms with E-state index < -0.39 is 41.1 Å². The summed E-state index contributed by atoms with van der Waals surface area (Å²) in [7, 11) is 0. The number of likely N-dealkylation sites (tertiary alicyclic amines) is 2. The first-order valence-corrected chi connectivity index (χ1v) is 12.7. The van der Waals surface area contributed by atoms with Crippen molar-refractivity contribution in [2.75, 3.05) is 19.6 Å². The molecule has 3 rings (SSSR count). The summed E-state index contributed by atoms with van der Waals surface area (Å²) in [6, 6.07) is 7.60. The van der Waals surface area contributed by atoms with Crippen molar-refractivity contribution in [1.82, 2.24) is 15.1 Å². The van der Waals surface area contributed by atoms with Gasteiger partial charge in [0.15, 0.2) is 0 Å². The quantitative estimate of drug-likeness (QED) is 0.637. The number of carboxylic acid groups (broad SMARTS) is 1. The maximum absolute atomic E-state index is 14.2. The molecule has 2 unspecified atom stereocenters. The van der Waals surface area contributed by atoms with Crippen LogP contribution in [0.3, 0.4) is 0 Å². The molecule has 1 aromatic carbocycles. The molecule has 2 atom stereocenters. The molecule has 2 saturated heterocycles. The minimum Gasteiger partial charge on any atom is -0.548 e. The Morgan fingerprint density at radius 3 is 2.19 bits per heavy atom. The van der Waals surface area contributed by atoms with Crippen LogP contribution in [0.4, 0.5) is 4.79 Å². The van der Waals surface area contributed by atoms with Crippen LogP contribution < -0.4 is 10.4 Å². The van der Waals surface area contributed by atoms with E-state index in [0.29, 0.717) is 45.3 Å². The van der Waals surface area contributed by atoms with Crippen molar-refractivity contribution >= 4 is 23.9 Å². The highest BCUT2D eigenvalue weighted by atomic mass is 16.6. The van der Waals surface area contributed by atoms with Gasteiger partial charge >= 0.3 is 6.09 Å². The smallest absolute Gasteiger partial charge is 0.410 e. The molecule has 36 heavy (non-hydrogen) atoms. The van der Waals surface area contributed by atoms with Gasteiger partial charge in [-0.05, 0) is 57.9 Å². The minimum atomic E-state index is -1.34. The van der Waals surface area contributed by atoms with Gasteiger partial charge in [-0.3, -0.25) is 9.59 Å². The Morgan fingerprint density at radius 1 is 1.06 bits per heavy atom. The average Bonchev–Trinajstić information content (AvgIpc) is 3.31. The van der Waals surface area contributed by atoms with Crippen LogP contribution in [0.1, 0.15) is 65.9 Å². The van der Waals surface area contributed by atoms with Crippen LogP contribution >= 0.6 is 0 Å². The van der Waals surface area contributed by atoms with E-state index in [2.05, 4.69) is 5.32 Å². The molecule has 3 amide bonds. The maximum Gasteiger partial charge on any atom is 0.410 e. The van der Waals surface area contributed by atoms with Crippen LogP contribution in [-0.4, -0.2) is 71.0 Å². The number of nitrogens with zero attached hydrogens (tertiary/aromatic N) is 2. The molecule has 9 heteroatoms. The molecule has 0 saturated carbocycles. The van der Waals surface area contributed by atoms with E-state index >= 15 is 0 Å². The number of benzene rings is 1. The normalized spacial score (nSPS) is 20.7. The summed E-state index contributed by atoms with van der Waals surface area (Å²) in [5.41, 5.74) is -0.662. The van der Waals surface area contributed by atoms with E-state index in [0.717, 1.165) is 5.56 Å². The van der Waals surface area contributed by atoms with Crippen molar-refractivity contribution < 1.29 is 29.0 Å². The molecule has 2 heterocycles. The van der Waals surface area contributed by atoms with Crippen molar-refractivity contribution in [3.05, 3.63) is 35.9 Å². The molecule has 9 nitrogen and oxygen atoms in total. The van der Waals surface area contributed by atoms with Gasteiger partial charge in [0, 0.05) is 19.6 Å². The lowest BCUT2D eigenvalue weighted by atomic mass is 9.71. The number of aliphatic carboxylic acids is 1. The molecule has 2 fully saturated rings. The second-order valence-corrected chi connectivity index (χ2v) is 11.1. The van der Waals surface area contributed by atoms with Crippen molar-refractivity contribution in [2.45, 2.75) is 83.4 Å². The van der Waals surface area contributed by atoms with Gasteiger partial charge in [0.1, 0.15) is 11.6 Å². The molecule has 198 valence electrons. The summed E-state index contributed by atoms with van der Waals surface area (Å²) in [5, 5.41) is 14.1. The number of ether oxygens (including phenoxy) is 1. The number of carbonyl (C=O) groups excluding carboxylic acids is 4. The molecule has 1 aromatic rings. The molecule has 0 aliphatic carbocycles. The van der Waals surface area contributed by atoms with Crippen molar-refractivity contribution in [2.24, 2.45) is 5.92 Å². The SMILES string of the molecule is CC(C)C(NC(=O)C1CCCN1C(=O)C1(c2ccccc2)CCN(C(=O)OC(C)(C)C)CC1)C(=O)[O-]. The topological polar surface area (TPSA) is 119 Å². The van der Waals surface area contributed by atoms with Crippen molar-refractivity contribution in [3.63, 3.8) is 0 Å². The standard InChI is InChI=1S/C27H39N3O6/c1-18(2)21(23(32)33)28-22(31)20-12-9-15-30(20)24(34)27(19-10-7-6-8-11-19)13-16-29(17-14-27)25(35)36-26(3,4)5/h6-8,10-11,18,20-21H,9,12-17H2,1-5H3,(H,28,31)(H,32,33)/p-1. The zero-order valence-corrected chi connectivity index (χ0v) is 21.9. The average molecular weight is 501 g/mol. The molecule has 2 aliphatic rings. The molecular weight excluding hydrogens is 462 g/mol. The highest BCUT2D eigenvalue weighted by molar-refractivity contribution is 5.95. The Bertz CT molecular complexity index is 963. The third-order valence-electron chi connectivity index (χ3n) is 7.04. The lowest BCUT2D eigenvalue weighted by Crippen LogP contribution is -2.59. The van der Waals surface area contributed by atoms with E-state index in [4.69, 9.17) is 4.74 Å². The van der Waals surface area contributed by atoms with Crippen LogP contribution in [0.2, 0.25) is 0 Å². The van der Waals surface area contributed by atoms with E-state index in [-0.39, 0.29) is 11.8 Å². The van der Waals surface area contributed by atoms with Gasteiger partial charge in [0.05, 0.1) is 17.4 Å². The zero-order chi connectivity index (χ0) is 26.7. The van der Waals surface area contributed by atoms with E-state index in [1.165, 1.54) is 0 Å². The second-order valence-electron chi connectivity index (χ2n) is 11.1. The molecular formula is C27H38N3O6-. The maximum atomic E-state index is 14.2. The molecule has 1 N–H and O–H groups in total. The van der Waals surface area contributed by atoms with Crippen LogP contribution in [0, 0.1) is 5.92 Å². The van der Waals surface area contributed by atoms with Crippen molar-refractivity contribution in [1.29, 1.82) is 0 Å². The number of carbonyl (C=O) groups is 4. The summed E-state index contributed by atoms with van der Waals surface area (Å²) < 4.78 is 5.52. The highest BCUT2D eigenvalue weighted by Crippen LogP contribution is 2.39. The van der Waals surface area contributed by atoms with Gasteiger partial charge in [-0.2, -0.15) is 0 Å². The first-order valence-electron chi connectivity index (χ1n) is 12.7. The van der Waals surface area contributed by atoms with E-state index in [1.807, 2.05) is 51.1 Å². The Morgan fingerprint density at radius 2 is 1.67 bits per heavy atom. The molecule has 2 aliphatic heterocycles. The number of rotatable bonds is 6. The van der Waals surface area contributed by atoms with Crippen LogP contribution in [0.25, 0.3) is 0 Å². The van der Waals surface area contributed by atoms with E-state index in [9.17, 15) is 24.3 Å². The zero-order valence-electron chi connectivity index (χ0n) is 21.9. The summed E-state index contributed by atoms with van der Waals surface area (Å²) in [6.07, 6.45) is 1.50. The minimum absolute atomic E-state index is 0.162. The lowest BCUT2D eigenvalue weighted by Gasteiger charge is -2.44. The predicted molar refractivity (Wildman–Crippen MR) is 132 cm³/mol. The van der Waals surface area contributed by atoms with Gasteiger partial charge in [-0.1, -0.05) is 44.2 Å². The van der Waals surface area contributed by atoms with Gasteiger partial charge < -0.3 is 29.8 Å². The second kappa shape index (κ2) is 10.9. The fourth-order valence-electron chi connectivity index (χ4n) is 5.09. The highest BCUT2D eigenvalue weighted by Gasteiger charge is 2.49. The van der Waals surface area contributed by atoms with Gasteiger partial charge in [-0.25, -0.2) is 4.79 Å². The van der Waals surface area contributed by atoms with Crippen molar-refractivity contribution in [3.8, 4) is 0 Å². The molecule has 0 radical (unpaired) electrons. The van der Waals surface area contributed by atoms with Gasteiger partial charge in [-0.15, -0.1) is 0 Å². The largest absolute Gasteiger partial charge is 0.548 e. The van der Waals surface area contributed by atoms with E-state index in [1.54, 1.807) is 23.6 Å². The van der Waals surface area contributed by atoms with Crippen LogP contribution in [0.5, 0.6) is 0 Å². The summed E-state index contributed by atoms with van der Waals surface area (Å²) in [6.45, 7) is 9.95. The Labute approximate surface area is 213 Å². The lowest BCUT2D eigenvalue weighted by molar-refractivity contribution is -0.309. The fourth-order valence-corrected chi connectivity index (χ4v) is 5.09. The number of hydrogen-bond donors (Lipinski definition) is 1. The Hall–Kier alpha value is -3.10. The molecule has 0 spiro atoms. The van der Waals surface area contributed by atoms with Crippen LogP contribution in [-0.2, 0) is 24.5 Å². The number of hydrogen-bond acceptors (Lipinski definition) is 6. The first kappa shape index (κ1) is 27.5. The number of piperidine rings is 1.